The van der Waals surface area contributed by atoms with Gasteiger partial charge in [0.1, 0.15) is 5.60 Å². The van der Waals surface area contributed by atoms with Crippen LogP contribution in [0.3, 0.4) is 0 Å². The van der Waals surface area contributed by atoms with Crippen molar-refractivity contribution in [3.8, 4) is 0 Å². The molecule has 2 aromatic rings. The van der Waals surface area contributed by atoms with Crippen LogP contribution in [-0.2, 0) is 14.3 Å². The van der Waals surface area contributed by atoms with Gasteiger partial charge < -0.3 is 14.8 Å². The molecule has 0 aliphatic heterocycles. The van der Waals surface area contributed by atoms with Crippen molar-refractivity contribution in [3.05, 3.63) is 84.5 Å². The molecule has 1 atom stereocenters. The van der Waals surface area contributed by atoms with Gasteiger partial charge in [-0.05, 0) is 44.9 Å². The van der Waals surface area contributed by atoms with Crippen LogP contribution in [0.1, 0.15) is 38.9 Å². The number of allylic oxidation sites excluding steroid dienone is 2. The number of anilines is 2. The summed E-state index contributed by atoms with van der Waals surface area (Å²) in [6.07, 6.45) is 6.91. The quantitative estimate of drug-likeness (QED) is 0.412. The lowest BCUT2D eigenvalue weighted by molar-refractivity contribution is -0.111. The zero-order chi connectivity index (χ0) is 22.7. The highest BCUT2D eigenvalue weighted by molar-refractivity contribution is 6.03. The number of hydrogen-bond donors (Lipinski definition) is 2. The van der Waals surface area contributed by atoms with Gasteiger partial charge in [-0.25, -0.2) is 4.79 Å². The molecule has 1 unspecified atom stereocenters. The van der Waals surface area contributed by atoms with Gasteiger partial charge in [0.25, 0.3) is 0 Å². The predicted molar refractivity (Wildman–Crippen MR) is 124 cm³/mol. The van der Waals surface area contributed by atoms with Crippen LogP contribution < -0.4 is 10.6 Å². The fraction of sp³-hybridized carbons (Fsp3) is 0.280. The van der Waals surface area contributed by atoms with Crippen LogP contribution in [-0.4, -0.2) is 24.7 Å². The standard InChI is InChI=1S/C25H30N2O4/c1-25(2,3)31-24(29)27-21-16-12-11-15-20(21)26-23(28)18-10-6-9-17-22(30-4)19-13-7-5-8-14-19/h5-16,18,22H,17H2,1-4H3,(H,26,28)(H,27,29). The van der Waals surface area contributed by atoms with E-state index < -0.39 is 11.7 Å². The minimum absolute atomic E-state index is 0.0366. The average Bonchev–Trinajstić information content (AvgIpc) is 2.71. The Morgan fingerprint density at radius 1 is 0.935 bits per heavy atom. The van der Waals surface area contributed by atoms with E-state index in [-0.39, 0.29) is 12.0 Å². The maximum atomic E-state index is 12.3. The first-order valence-corrected chi connectivity index (χ1v) is 10.1. The van der Waals surface area contributed by atoms with E-state index in [4.69, 9.17) is 9.47 Å². The summed E-state index contributed by atoms with van der Waals surface area (Å²) in [4.78, 5) is 24.3. The molecule has 31 heavy (non-hydrogen) atoms. The van der Waals surface area contributed by atoms with Crippen LogP contribution in [0.25, 0.3) is 0 Å². The van der Waals surface area contributed by atoms with Gasteiger partial charge >= 0.3 is 6.09 Å². The van der Waals surface area contributed by atoms with Crippen molar-refractivity contribution in [1.82, 2.24) is 0 Å². The number of rotatable bonds is 8. The topological polar surface area (TPSA) is 76.7 Å². The Morgan fingerprint density at radius 2 is 1.55 bits per heavy atom. The van der Waals surface area contributed by atoms with Crippen molar-refractivity contribution in [2.45, 2.75) is 38.9 Å². The molecule has 0 saturated carbocycles. The van der Waals surface area contributed by atoms with Crippen LogP contribution in [0, 0.1) is 0 Å². The number of amides is 2. The van der Waals surface area contributed by atoms with Crippen molar-refractivity contribution < 1.29 is 19.1 Å². The summed E-state index contributed by atoms with van der Waals surface area (Å²) >= 11 is 0. The van der Waals surface area contributed by atoms with Crippen LogP contribution >= 0.6 is 0 Å². The van der Waals surface area contributed by atoms with E-state index in [9.17, 15) is 9.59 Å². The van der Waals surface area contributed by atoms with Crippen molar-refractivity contribution in [3.63, 3.8) is 0 Å². The zero-order valence-electron chi connectivity index (χ0n) is 18.4. The first kappa shape index (κ1) is 23.9. The molecule has 0 aliphatic rings. The van der Waals surface area contributed by atoms with Gasteiger partial charge in [-0.3, -0.25) is 10.1 Å². The minimum Gasteiger partial charge on any atom is -0.444 e. The second kappa shape index (κ2) is 11.7. The predicted octanol–water partition coefficient (Wildman–Crippen LogP) is 5.86. The molecule has 0 aliphatic carbocycles. The molecule has 2 rings (SSSR count). The number of benzene rings is 2. The summed E-state index contributed by atoms with van der Waals surface area (Å²) in [6, 6.07) is 16.9. The molecule has 2 amide bonds. The van der Waals surface area contributed by atoms with Crippen molar-refractivity contribution in [1.29, 1.82) is 0 Å². The maximum Gasteiger partial charge on any atom is 0.412 e. The summed E-state index contributed by atoms with van der Waals surface area (Å²) < 4.78 is 10.8. The number of methoxy groups -OCH3 is 1. The number of carbonyl (C=O) groups excluding carboxylic acids is 2. The van der Waals surface area contributed by atoms with Crippen LogP contribution in [0.15, 0.2) is 78.9 Å². The van der Waals surface area contributed by atoms with Crippen LogP contribution in [0.5, 0.6) is 0 Å². The minimum atomic E-state index is -0.611. The highest BCUT2D eigenvalue weighted by atomic mass is 16.6. The second-order valence-electron chi connectivity index (χ2n) is 7.82. The Morgan fingerprint density at radius 3 is 2.16 bits per heavy atom. The molecule has 0 bridgehead atoms. The van der Waals surface area contributed by atoms with Gasteiger partial charge in [-0.15, -0.1) is 0 Å². The number of carbonyl (C=O) groups is 2. The van der Waals surface area contributed by atoms with E-state index in [1.807, 2.05) is 36.4 Å². The fourth-order valence-corrected chi connectivity index (χ4v) is 2.75. The number of hydrogen-bond acceptors (Lipinski definition) is 4. The van der Waals surface area contributed by atoms with Gasteiger partial charge in [0.05, 0.1) is 17.5 Å². The van der Waals surface area contributed by atoms with E-state index in [2.05, 4.69) is 10.6 Å². The lowest BCUT2D eigenvalue weighted by Crippen LogP contribution is -2.27. The SMILES string of the molecule is COC(CC=CC=CC(=O)Nc1ccccc1NC(=O)OC(C)(C)C)c1ccccc1. The molecule has 0 radical (unpaired) electrons. The van der Waals surface area contributed by atoms with Crippen molar-refractivity contribution in [2.75, 3.05) is 17.7 Å². The van der Waals surface area contributed by atoms with Crippen LogP contribution in [0.2, 0.25) is 0 Å². The molecule has 6 heteroatoms. The van der Waals surface area contributed by atoms with Gasteiger partial charge in [0.15, 0.2) is 0 Å². The summed E-state index contributed by atoms with van der Waals surface area (Å²) in [5.74, 6) is -0.311. The molecule has 0 fully saturated rings. The van der Waals surface area contributed by atoms with E-state index in [0.29, 0.717) is 17.8 Å². The second-order valence-corrected chi connectivity index (χ2v) is 7.82. The Balaban J connectivity index is 1.90. The molecule has 6 nitrogen and oxygen atoms in total. The maximum absolute atomic E-state index is 12.3. The third kappa shape index (κ3) is 8.88. The van der Waals surface area contributed by atoms with Gasteiger partial charge in [0.2, 0.25) is 5.91 Å². The van der Waals surface area contributed by atoms with E-state index in [0.717, 1.165) is 5.56 Å². The first-order chi connectivity index (χ1) is 14.8. The van der Waals surface area contributed by atoms with E-state index in [1.54, 1.807) is 64.3 Å². The smallest absolute Gasteiger partial charge is 0.412 e. The highest BCUT2D eigenvalue weighted by Gasteiger charge is 2.17. The van der Waals surface area contributed by atoms with Crippen LogP contribution in [0.4, 0.5) is 16.2 Å². The zero-order valence-corrected chi connectivity index (χ0v) is 18.4. The molecule has 0 spiro atoms. The monoisotopic (exact) mass is 422 g/mol. The summed E-state index contributed by atoms with van der Waals surface area (Å²) in [7, 11) is 1.68. The molecule has 164 valence electrons. The normalized spacial score (nSPS) is 12.6. The molecule has 0 aromatic heterocycles. The average molecular weight is 423 g/mol. The highest BCUT2D eigenvalue weighted by Crippen LogP contribution is 2.22. The van der Waals surface area contributed by atoms with Crippen molar-refractivity contribution >= 4 is 23.4 Å². The Hall–Kier alpha value is -3.38. The first-order valence-electron chi connectivity index (χ1n) is 10.1. The molecule has 2 N–H and O–H groups in total. The van der Waals surface area contributed by atoms with E-state index in [1.165, 1.54) is 6.08 Å². The molecule has 2 aromatic carbocycles. The summed E-state index contributed by atoms with van der Waals surface area (Å²) in [6.45, 7) is 5.35. The van der Waals surface area contributed by atoms with Gasteiger partial charge in [-0.2, -0.15) is 0 Å². The lowest BCUT2D eigenvalue weighted by Gasteiger charge is -2.20. The van der Waals surface area contributed by atoms with Gasteiger partial charge in [0, 0.05) is 13.2 Å². The fourth-order valence-electron chi connectivity index (χ4n) is 2.75. The number of para-hydroxylation sites is 2. The Labute approximate surface area is 184 Å². The lowest BCUT2D eigenvalue weighted by atomic mass is 10.1. The molecule has 0 heterocycles. The largest absolute Gasteiger partial charge is 0.444 e. The third-order valence-electron chi connectivity index (χ3n) is 4.12. The Kier molecular flexibility index (Phi) is 9.03. The van der Waals surface area contributed by atoms with Gasteiger partial charge in [-0.1, -0.05) is 60.7 Å². The number of nitrogens with one attached hydrogen (secondary N) is 2. The molecule has 0 saturated heterocycles. The number of ether oxygens (including phenoxy) is 2. The van der Waals surface area contributed by atoms with Crippen molar-refractivity contribution in [2.24, 2.45) is 0 Å². The Bertz CT molecular complexity index is 915. The summed E-state index contributed by atoms with van der Waals surface area (Å²) in [5.41, 5.74) is 1.43. The summed E-state index contributed by atoms with van der Waals surface area (Å²) in [5, 5.41) is 5.42. The molecular weight excluding hydrogens is 392 g/mol. The third-order valence-corrected chi connectivity index (χ3v) is 4.12. The van der Waals surface area contributed by atoms with E-state index >= 15 is 0 Å². The molecular formula is C25H30N2O4.